The number of nitro groups is 1. The highest BCUT2D eigenvalue weighted by Crippen LogP contribution is 2.11. The third-order valence-electron chi connectivity index (χ3n) is 3.50. The van der Waals surface area contributed by atoms with Crippen molar-refractivity contribution in [2.24, 2.45) is 5.10 Å². The van der Waals surface area contributed by atoms with Crippen molar-refractivity contribution in [3.63, 3.8) is 0 Å². The molecule has 2 aromatic carbocycles. The lowest BCUT2D eigenvalue weighted by Gasteiger charge is -2.05. The molecule has 2 rings (SSSR count). The summed E-state index contributed by atoms with van der Waals surface area (Å²) in [6.07, 6.45) is 2.04. The molecular weight excluding hydrogens is 352 g/mol. The van der Waals surface area contributed by atoms with Crippen LogP contribution in [0.5, 0.6) is 5.75 Å². The zero-order valence-electron chi connectivity index (χ0n) is 14.3. The molecule has 0 radical (unpaired) electrons. The first kappa shape index (κ1) is 19.6. The number of rotatable bonds is 8. The van der Waals surface area contributed by atoms with Gasteiger partial charge in [-0.1, -0.05) is 0 Å². The average Bonchev–Trinajstić information content (AvgIpc) is 2.66. The third-order valence-corrected chi connectivity index (χ3v) is 3.50. The second-order valence-corrected chi connectivity index (χ2v) is 5.55. The van der Waals surface area contributed by atoms with Crippen LogP contribution in [0.15, 0.2) is 53.6 Å². The summed E-state index contributed by atoms with van der Waals surface area (Å²) in [5.74, 6) is -0.516. The molecule has 0 atom stereocenters. The third kappa shape index (κ3) is 6.58. The van der Waals surface area contributed by atoms with Crippen molar-refractivity contribution in [2.75, 3.05) is 6.54 Å². The minimum Gasteiger partial charge on any atom is -0.508 e. The van der Waals surface area contributed by atoms with Gasteiger partial charge in [0, 0.05) is 30.7 Å². The number of aromatic hydroxyl groups is 1. The van der Waals surface area contributed by atoms with Gasteiger partial charge in [-0.3, -0.25) is 19.7 Å². The maximum absolute atomic E-state index is 11.9. The number of amides is 2. The fourth-order valence-corrected chi connectivity index (χ4v) is 2.08. The molecule has 0 bridgehead atoms. The van der Waals surface area contributed by atoms with Crippen molar-refractivity contribution in [1.82, 2.24) is 10.7 Å². The van der Waals surface area contributed by atoms with Crippen LogP contribution in [0.4, 0.5) is 5.69 Å². The molecule has 0 fully saturated rings. The molecular formula is C18H18N4O5. The van der Waals surface area contributed by atoms with E-state index in [-0.39, 0.29) is 36.2 Å². The van der Waals surface area contributed by atoms with Crippen molar-refractivity contribution in [3.8, 4) is 5.75 Å². The van der Waals surface area contributed by atoms with E-state index in [4.69, 9.17) is 5.11 Å². The fraction of sp³-hybridized carbons (Fsp3) is 0.167. The summed E-state index contributed by atoms with van der Waals surface area (Å²) in [4.78, 5) is 33.6. The van der Waals surface area contributed by atoms with Crippen LogP contribution in [0.2, 0.25) is 0 Å². The molecule has 9 heteroatoms. The van der Waals surface area contributed by atoms with E-state index in [1.165, 1.54) is 42.6 Å². The first-order chi connectivity index (χ1) is 13.0. The monoisotopic (exact) mass is 370 g/mol. The number of carbonyl (C=O) groups is 2. The van der Waals surface area contributed by atoms with Crippen LogP contribution in [0.1, 0.15) is 28.8 Å². The molecule has 0 unspecified atom stereocenters. The predicted molar refractivity (Wildman–Crippen MR) is 98.5 cm³/mol. The van der Waals surface area contributed by atoms with Crippen LogP contribution in [-0.2, 0) is 4.79 Å². The molecule has 0 saturated heterocycles. The van der Waals surface area contributed by atoms with E-state index in [1.807, 2.05) is 0 Å². The van der Waals surface area contributed by atoms with Crippen LogP contribution in [-0.4, -0.2) is 34.6 Å². The maximum Gasteiger partial charge on any atom is 0.269 e. The second-order valence-electron chi connectivity index (χ2n) is 5.55. The number of phenolic OH excluding ortho intramolecular Hbond substituents is 1. The summed E-state index contributed by atoms with van der Waals surface area (Å²) in [6.45, 7) is 0.283. The Morgan fingerprint density at radius 2 is 1.78 bits per heavy atom. The van der Waals surface area contributed by atoms with Gasteiger partial charge in [0.25, 0.3) is 11.6 Å². The van der Waals surface area contributed by atoms with Gasteiger partial charge in [0.1, 0.15) is 5.75 Å². The lowest BCUT2D eigenvalue weighted by atomic mass is 10.2. The van der Waals surface area contributed by atoms with Gasteiger partial charge in [0.05, 0.1) is 11.1 Å². The zero-order valence-corrected chi connectivity index (χ0v) is 14.3. The highest BCUT2D eigenvalue weighted by atomic mass is 16.6. The highest BCUT2D eigenvalue weighted by Gasteiger charge is 2.09. The Morgan fingerprint density at radius 1 is 1.11 bits per heavy atom. The standard InChI is InChI=1S/C18H18N4O5/c23-16-9-3-13(4-10-16)12-20-21-17(24)2-1-11-19-18(25)14-5-7-15(8-6-14)22(26)27/h3-10,12,23H,1-2,11H2,(H,19,25)(H,21,24)/b20-12+. The van der Waals surface area contributed by atoms with E-state index in [0.29, 0.717) is 12.0 Å². The molecule has 0 aliphatic rings. The van der Waals surface area contributed by atoms with Crippen LogP contribution < -0.4 is 10.7 Å². The molecule has 0 aliphatic heterocycles. The summed E-state index contributed by atoms with van der Waals surface area (Å²) in [6, 6.07) is 11.6. The molecule has 0 heterocycles. The van der Waals surface area contributed by atoms with E-state index in [0.717, 1.165) is 5.56 Å². The van der Waals surface area contributed by atoms with Gasteiger partial charge >= 0.3 is 0 Å². The van der Waals surface area contributed by atoms with Crippen molar-refractivity contribution in [3.05, 3.63) is 69.8 Å². The molecule has 9 nitrogen and oxygen atoms in total. The number of benzene rings is 2. The average molecular weight is 370 g/mol. The smallest absolute Gasteiger partial charge is 0.269 e. The Kier molecular flexibility index (Phi) is 7.00. The topological polar surface area (TPSA) is 134 Å². The van der Waals surface area contributed by atoms with E-state index >= 15 is 0 Å². The van der Waals surface area contributed by atoms with Crippen LogP contribution in [0.3, 0.4) is 0 Å². The number of hydrazone groups is 1. The number of nitrogens with zero attached hydrogens (tertiary/aromatic N) is 2. The number of phenols is 1. The first-order valence-corrected chi connectivity index (χ1v) is 8.09. The SMILES string of the molecule is O=C(CCCNC(=O)c1ccc([N+](=O)[O-])cc1)N/N=C/c1ccc(O)cc1. The van der Waals surface area contributed by atoms with Gasteiger partial charge in [0.2, 0.25) is 5.91 Å². The van der Waals surface area contributed by atoms with E-state index in [2.05, 4.69) is 15.8 Å². The van der Waals surface area contributed by atoms with E-state index < -0.39 is 4.92 Å². The zero-order chi connectivity index (χ0) is 19.6. The van der Waals surface area contributed by atoms with Crippen LogP contribution >= 0.6 is 0 Å². The van der Waals surface area contributed by atoms with Gasteiger partial charge in [-0.15, -0.1) is 0 Å². The maximum atomic E-state index is 11.9. The molecule has 140 valence electrons. The molecule has 0 saturated carbocycles. The van der Waals surface area contributed by atoms with Crippen molar-refractivity contribution in [1.29, 1.82) is 0 Å². The lowest BCUT2D eigenvalue weighted by Crippen LogP contribution is -2.26. The Labute approximate surface area is 154 Å². The summed E-state index contributed by atoms with van der Waals surface area (Å²) < 4.78 is 0. The lowest BCUT2D eigenvalue weighted by molar-refractivity contribution is -0.384. The van der Waals surface area contributed by atoms with Crippen LogP contribution in [0, 0.1) is 10.1 Å². The quantitative estimate of drug-likeness (QED) is 0.283. The van der Waals surface area contributed by atoms with Gasteiger partial charge in [0.15, 0.2) is 0 Å². The number of hydrogen-bond acceptors (Lipinski definition) is 6. The van der Waals surface area contributed by atoms with Gasteiger partial charge in [-0.05, 0) is 48.4 Å². The van der Waals surface area contributed by atoms with Gasteiger partial charge < -0.3 is 10.4 Å². The Hall–Kier alpha value is -3.75. The van der Waals surface area contributed by atoms with Crippen LogP contribution in [0.25, 0.3) is 0 Å². The minimum absolute atomic E-state index is 0.0870. The number of nitro benzene ring substituents is 1. The largest absolute Gasteiger partial charge is 0.508 e. The van der Waals surface area contributed by atoms with Crippen molar-refractivity contribution < 1.29 is 19.6 Å². The molecule has 0 aromatic heterocycles. The summed E-state index contributed by atoms with van der Waals surface area (Å²) >= 11 is 0. The number of carbonyl (C=O) groups excluding carboxylic acids is 2. The number of nitrogens with one attached hydrogen (secondary N) is 2. The molecule has 2 amide bonds. The Balaban J connectivity index is 1.66. The van der Waals surface area contributed by atoms with Gasteiger partial charge in [-0.2, -0.15) is 5.10 Å². The van der Waals surface area contributed by atoms with Gasteiger partial charge in [-0.25, -0.2) is 5.43 Å². The molecule has 27 heavy (non-hydrogen) atoms. The summed E-state index contributed by atoms with van der Waals surface area (Å²) in [5, 5.41) is 26.2. The molecule has 0 aliphatic carbocycles. The number of non-ortho nitro benzene ring substituents is 1. The normalized spacial score (nSPS) is 10.5. The molecule has 3 N–H and O–H groups in total. The second kappa shape index (κ2) is 9.66. The van der Waals surface area contributed by atoms with Crippen molar-refractivity contribution in [2.45, 2.75) is 12.8 Å². The van der Waals surface area contributed by atoms with Crippen molar-refractivity contribution >= 4 is 23.7 Å². The highest BCUT2D eigenvalue weighted by molar-refractivity contribution is 5.94. The predicted octanol–water partition coefficient (Wildman–Crippen LogP) is 1.96. The fourth-order valence-electron chi connectivity index (χ4n) is 2.08. The minimum atomic E-state index is -0.537. The summed E-state index contributed by atoms with van der Waals surface area (Å²) in [7, 11) is 0. The molecule has 2 aromatic rings. The van der Waals surface area contributed by atoms with E-state index in [1.54, 1.807) is 12.1 Å². The molecule has 0 spiro atoms. The summed E-state index contributed by atoms with van der Waals surface area (Å²) in [5.41, 5.74) is 3.32. The Morgan fingerprint density at radius 3 is 2.41 bits per heavy atom. The Bertz CT molecular complexity index is 832. The number of hydrogen-bond donors (Lipinski definition) is 3. The first-order valence-electron chi connectivity index (χ1n) is 8.09. The van der Waals surface area contributed by atoms with E-state index in [9.17, 15) is 19.7 Å².